The Labute approximate surface area is 195 Å². The van der Waals surface area contributed by atoms with Gasteiger partial charge in [0.15, 0.2) is 6.10 Å². The number of nitro benzene ring substituents is 1. The van der Waals surface area contributed by atoms with Gasteiger partial charge >= 0.3 is 0 Å². The zero-order valence-corrected chi connectivity index (χ0v) is 18.6. The molecule has 34 heavy (non-hydrogen) atoms. The summed E-state index contributed by atoms with van der Waals surface area (Å²) < 4.78 is 0. The average molecular weight is 458 g/mol. The Morgan fingerprint density at radius 1 is 0.853 bits per heavy atom. The number of hydroxylamine groups is 1. The predicted octanol–water partition coefficient (Wildman–Crippen LogP) is 3.71. The van der Waals surface area contributed by atoms with Gasteiger partial charge < -0.3 is 4.90 Å². The molecule has 0 aromatic heterocycles. The number of carbonyl (C=O) groups is 2. The number of imide groups is 1. The fourth-order valence-corrected chi connectivity index (χ4v) is 4.50. The molecule has 9 nitrogen and oxygen atoms in total. The number of anilines is 3. The SMILES string of the molecule is CN(C)c1ccc([C@@H]2[C@H]3C(=O)N(c4ccc([N+](=O)[O-])cc4)C(=O)[C@H]3ON2c2ccccc2)cc1. The summed E-state index contributed by atoms with van der Waals surface area (Å²) in [6.45, 7) is 0. The third-order valence-corrected chi connectivity index (χ3v) is 6.20. The van der Waals surface area contributed by atoms with Gasteiger partial charge in [-0.25, -0.2) is 9.96 Å². The van der Waals surface area contributed by atoms with Crippen molar-refractivity contribution in [2.45, 2.75) is 12.1 Å². The Balaban J connectivity index is 1.54. The van der Waals surface area contributed by atoms with Gasteiger partial charge in [-0.3, -0.25) is 24.5 Å². The van der Waals surface area contributed by atoms with Crippen molar-refractivity contribution < 1.29 is 19.3 Å². The molecule has 0 bridgehead atoms. The van der Waals surface area contributed by atoms with Crippen molar-refractivity contribution >= 4 is 34.6 Å². The van der Waals surface area contributed by atoms with Crippen LogP contribution in [0.5, 0.6) is 0 Å². The Morgan fingerprint density at radius 2 is 1.50 bits per heavy atom. The van der Waals surface area contributed by atoms with E-state index < -0.39 is 34.8 Å². The highest BCUT2D eigenvalue weighted by Crippen LogP contribution is 2.47. The first-order chi connectivity index (χ1) is 16.4. The average Bonchev–Trinajstić information content (AvgIpc) is 3.35. The van der Waals surface area contributed by atoms with Crippen LogP contribution in [0.3, 0.4) is 0 Å². The maximum absolute atomic E-state index is 13.6. The van der Waals surface area contributed by atoms with E-state index in [1.165, 1.54) is 24.3 Å². The molecule has 9 heteroatoms. The summed E-state index contributed by atoms with van der Waals surface area (Å²) >= 11 is 0. The van der Waals surface area contributed by atoms with Crippen LogP contribution < -0.4 is 14.9 Å². The molecule has 3 aromatic carbocycles. The number of non-ortho nitro benzene ring substituents is 1. The molecule has 3 atom stereocenters. The lowest BCUT2D eigenvalue weighted by Crippen LogP contribution is -2.37. The standard InChI is InChI=1S/C25H22N4O5/c1-26(2)17-10-8-16(9-11-17)22-21-23(34-28(22)19-6-4-3-5-7-19)25(31)27(24(21)30)18-12-14-20(15-13-18)29(32)33/h3-15,21-23H,1-2H3/t21-,22-,23+/m1/s1. The van der Waals surface area contributed by atoms with Gasteiger partial charge in [-0.2, -0.15) is 0 Å². The van der Waals surface area contributed by atoms with E-state index in [1.54, 1.807) is 5.06 Å². The molecule has 172 valence electrons. The topological polar surface area (TPSA) is 96.2 Å². The zero-order valence-electron chi connectivity index (χ0n) is 18.6. The number of hydrogen-bond donors (Lipinski definition) is 0. The Kier molecular flexibility index (Phi) is 5.25. The van der Waals surface area contributed by atoms with E-state index in [9.17, 15) is 19.7 Å². The summed E-state index contributed by atoms with van der Waals surface area (Å²) in [6.07, 6.45) is -0.999. The second kappa shape index (κ2) is 8.27. The van der Waals surface area contributed by atoms with Crippen LogP contribution in [-0.4, -0.2) is 36.9 Å². The molecule has 0 saturated carbocycles. The second-order valence-electron chi connectivity index (χ2n) is 8.43. The Bertz CT molecular complexity index is 1240. The summed E-state index contributed by atoms with van der Waals surface area (Å²) in [5.41, 5.74) is 2.75. The van der Waals surface area contributed by atoms with E-state index >= 15 is 0 Å². The molecular weight excluding hydrogens is 436 g/mol. The van der Waals surface area contributed by atoms with Crippen LogP contribution in [0.2, 0.25) is 0 Å². The Morgan fingerprint density at radius 3 is 2.09 bits per heavy atom. The first-order valence-corrected chi connectivity index (χ1v) is 10.8. The lowest BCUT2D eigenvalue weighted by Gasteiger charge is -2.29. The molecular formula is C25H22N4O5. The molecule has 2 saturated heterocycles. The van der Waals surface area contributed by atoms with Gasteiger partial charge in [-0.05, 0) is 42.0 Å². The van der Waals surface area contributed by atoms with E-state index in [0.29, 0.717) is 0 Å². The quantitative estimate of drug-likeness (QED) is 0.327. The lowest BCUT2D eigenvalue weighted by atomic mass is 9.90. The van der Waals surface area contributed by atoms with E-state index in [2.05, 4.69) is 0 Å². The fourth-order valence-electron chi connectivity index (χ4n) is 4.50. The van der Waals surface area contributed by atoms with Crippen LogP contribution in [0.25, 0.3) is 0 Å². The summed E-state index contributed by atoms with van der Waals surface area (Å²) in [5, 5.41) is 12.6. The number of nitro groups is 1. The molecule has 0 radical (unpaired) electrons. The first-order valence-electron chi connectivity index (χ1n) is 10.8. The van der Waals surface area contributed by atoms with E-state index in [-0.39, 0.29) is 11.4 Å². The van der Waals surface area contributed by atoms with Gasteiger partial charge in [0.05, 0.1) is 22.3 Å². The van der Waals surface area contributed by atoms with Gasteiger partial charge in [-0.1, -0.05) is 30.3 Å². The first kappa shape index (κ1) is 21.6. The largest absolute Gasteiger partial charge is 0.378 e. The van der Waals surface area contributed by atoms with Crippen molar-refractivity contribution in [3.63, 3.8) is 0 Å². The molecule has 2 aliphatic rings. The summed E-state index contributed by atoms with van der Waals surface area (Å²) in [6, 6.07) is 22.0. The van der Waals surface area contributed by atoms with Crippen molar-refractivity contribution in [1.82, 2.24) is 0 Å². The van der Waals surface area contributed by atoms with Gasteiger partial charge in [-0.15, -0.1) is 0 Å². The third kappa shape index (κ3) is 3.46. The number of hydrogen-bond acceptors (Lipinski definition) is 7. The number of amides is 2. The normalized spacial score (nSPS) is 21.6. The van der Waals surface area contributed by atoms with Crippen molar-refractivity contribution in [3.05, 3.63) is 94.5 Å². The van der Waals surface area contributed by atoms with E-state index in [4.69, 9.17) is 4.84 Å². The lowest BCUT2D eigenvalue weighted by molar-refractivity contribution is -0.384. The highest BCUT2D eigenvalue weighted by molar-refractivity contribution is 6.24. The molecule has 5 rings (SSSR count). The maximum atomic E-state index is 13.6. The number of nitrogens with zero attached hydrogens (tertiary/aromatic N) is 4. The van der Waals surface area contributed by atoms with Crippen molar-refractivity contribution in [2.24, 2.45) is 5.92 Å². The molecule has 2 fully saturated rings. The van der Waals surface area contributed by atoms with Crippen LogP contribution in [-0.2, 0) is 14.4 Å². The highest BCUT2D eigenvalue weighted by atomic mass is 16.7. The third-order valence-electron chi connectivity index (χ3n) is 6.20. The molecule has 0 aliphatic carbocycles. The fraction of sp³-hybridized carbons (Fsp3) is 0.200. The summed E-state index contributed by atoms with van der Waals surface area (Å²) in [4.78, 5) is 46.6. The predicted molar refractivity (Wildman–Crippen MR) is 126 cm³/mol. The second-order valence-corrected chi connectivity index (χ2v) is 8.43. The van der Waals surface area contributed by atoms with Crippen molar-refractivity contribution in [1.29, 1.82) is 0 Å². The van der Waals surface area contributed by atoms with Crippen LogP contribution >= 0.6 is 0 Å². The van der Waals surface area contributed by atoms with E-state index in [1.807, 2.05) is 73.6 Å². The van der Waals surface area contributed by atoms with Crippen LogP contribution in [0.1, 0.15) is 11.6 Å². The number of para-hydroxylation sites is 1. The molecule has 2 aliphatic heterocycles. The number of benzene rings is 3. The molecule has 0 spiro atoms. The number of rotatable bonds is 5. The van der Waals surface area contributed by atoms with Gasteiger partial charge in [0, 0.05) is 31.9 Å². The molecule has 0 unspecified atom stereocenters. The molecule has 2 amide bonds. The minimum atomic E-state index is -0.999. The molecule has 0 N–H and O–H groups in total. The van der Waals surface area contributed by atoms with E-state index in [0.717, 1.165) is 21.8 Å². The zero-order chi connectivity index (χ0) is 24.0. The van der Waals surface area contributed by atoms with Crippen molar-refractivity contribution in [3.8, 4) is 0 Å². The smallest absolute Gasteiger partial charge is 0.269 e. The number of fused-ring (bicyclic) bond motifs is 1. The van der Waals surface area contributed by atoms with Crippen molar-refractivity contribution in [2.75, 3.05) is 29.0 Å². The maximum Gasteiger partial charge on any atom is 0.269 e. The van der Waals surface area contributed by atoms with Crippen LogP contribution in [0.15, 0.2) is 78.9 Å². The van der Waals surface area contributed by atoms with Gasteiger partial charge in [0.1, 0.15) is 5.92 Å². The highest BCUT2D eigenvalue weighted by Gasteiger charge is 2.60. The molecule has 2 heterocycles. The van der Waals surface area contributed by atoms with Gasteiger partial charge in [0.25, 0.3) is 11.6 Å². The monoisotopic (exact) mass is 458 g/mol. The van der Waals surface area contributed by atoms with Crippen LogP contribution in [0.4, 0.5) is 22.7 Å². The van der Waals surface area contributed by atoms with Crippen LogP contribution in [0, 0.1) is 16.0 Å². The van der Waals surface area contributed by atoms with Gasteiger partial charge in [0.2, 0.25) is 5.91 Å². The minimum Gasteiger partial charge on any atom is -0.378 e. The summed E-state index contributed by atoms with van der Waals surface area (Å²) in [7, 11) is 3.89. The Hall–Kier alpha value is -4.24. The molecule has 3 aromatic rings. The summed E-state index contributed by atoms with van der Waals surface area (Å²) in [5.74, 6) is -1.66. The minimum absolute atomic E-state index is 0.117. The number of carbonyl (C=O) groups excluding carboxylic acids is 2.